The minimum atomic E-state index is -0.543. The maximum Gasteiger partial charge on any atom is 0.343 e. The van der Waals surface area contributed by atoms with Gasteiger partial charge < -0.3 is 9.15 Å². The minimum absolute atomic E-state index is 0.240. The molecule has 4 nitrogen and oxygen atoms in total. The van der Waals surface area contributed by atoms with E-state index in [1.807, 2.05) is 0 Å². The number of carbonyl (C=O) groups excluding carboxylic acids is 1. The normalized spacial score (nSPS) is 10.8. The number of hydrogen-bond donors (Lipinski definition) is 0. The van der Waals surface area contributed by atoms with Gasteiger partial charge in [0.05, 0.1) is 10.9 Å². The van der Waals surface area contributed by atoms with Gasteiger partial charge in [-0.05, 0) is 66.7 Å². The summed E-state index contributed by atoms with van der Waals surface area (Å²) in [6.07, 6.45) is 0. The molecular formula is C22H12Cl2O4. The molecule has 4 aromatic rings. The van der Waals surface area contributed by atoms with Gasteiger partial charge in [0, 0.05) is 21.7 Å². The van der Waals surface area contributed by atoms with Crippen LogP contribution in [0.1, 0.15) is 10.4 Å². The third kappa shape index (κ3) is 3.79. The SMILES string of the molecule is O=C(Oc1ccc2oc(-c3ccc(Cl)cc3)cc(=O)c2c1)c1ccc(Cl)cc1. The minimum Gasteiger partial charge on any atom is -0.456 e. The van der Waals surface area contributed by atoms with E-state index in [2.05, 4.69) is 0 Å². The summed E-state index contributed by atoms with van der Waals surface area (Å²) < 4.78 is 11.2. The quantitative estimate of drug-likeness (QED) is 0.307. The second-order valence-electron chi connectivity index (χ2n) is 6.04. The first-order valence-electron chi connectivity index (χ1n) is 8.31. The van der Waals surface area contributed by atoms with Crippen molar-refractivity contribution in [2.75, 3.05) is 0 Å². The van der Waals surface area contributed by atoms with E-state index in [1.165, 1.54) is 12.1 Å². The van der Waals surface area contributed by atoms with Crippen molar-refractivity contribution in [3.8, 4) is 17.1 Å². The predicted molar refractivity (Wildman–Crippen MR) is 109 cm³/mol. The van der Waals surface area contributed by atoms with Gasteiger partial charge in [-0.15, -0.1) is 0 Å². The summed E-state index contributed by atoms with van der Waals surface area (Å²) in [6, 6.07) is 19.4. The molecule has 0 bridgehead atoms. The Morgan fingerprint density at radius 3 is 2.14 bits per heavy atom. The van der Waals surface area contributed by atoms with Crippen LogP contribution < -0.4 is 10.2 Å². The fourth-order valence-electron chi connectivity index (χ4n) is 2.71. The Morgan fingerprint density at radius 2 is 1.46 bits per heavy atom. The molecule has 0 unspecified atom stereocenters. The van der Waals surface area contributed by atoms with Gasteiger partial charge in [0.15, 0.2) is 5.43 Å². The van der Waals surface area contributed by atoms with Gasteiger partial charge in [-0.1, -0.05) is 23.2 Å². The van der Waals surface area contributed by atoms with Crippen molar-refractivity contribution in [1.29, 1.82) is 0 Å². The van der Waals surface area contributed by atoms with E-state index in [1.54, 1.807) is 60.7 Å². The lowest BCUT2D eigenvalue weighted by atomic mass is 10.1. The molecule has 0 aliphatic rings. The van der Waals surface area contributed by atoms with Crippen LogP contribution in [0.25, 0.3) is 22.3 Å². The van der Waals surface area contributed by atoms with Crippen LogP contribution in [0.2, 0.25) is 10.0 Å². The highest BCUT2D eigenvalue weighted by Crippen LogP contribution is 2.26. The van der Waals surface area contributed by atoms with E-state index in [9.17, 15) is 9.59 Å². The van der Waals surface area contributed by atoms with Crippen molar-refractivity contribution in [1.82, 2.24) is 0 Å². The fourth-order valence-corrected chi connectivity index (χ4v) is 2.96. The summed E-state index contributed by atoms with van der Waals surface area (Å²) in [5, 5.41) is 1.44. The van der Waals surface area contributed by atoms with Crippen LogP contribution in [0.4, 0.5) is 0 Å². The Labute approximate surface area is 169 Å². The second kappa shape index (κ2) is 7.50. The van der Waals surface area contributed by atoms with Gasteiger partial charge in [-0.3, -0.25) is 4.79 Å². The molecule has 1 aromatic heterocycles. The average Bonchev–Trinajstić information content (AvgIpc) is 2.69. The smallest absolute Gasteiger partial charge is 0.343 e. The van der Waals surface area contributed by atoms with Crippen LogP contribution in [-0.4, -0.2) is 5.97 Å². The molecule has 0 amide bonds. The summed E-state index contributed by atoms with van der Waals surface area (Å²) in [4.78, 5) is 24.8. The Bertz CT molecular complexity index is 1230. The van der Waals surface area contributed by atoms with Crippen molar-refractivity contribution in [2.45, 2.75) is 0 Å². The molecule has 0 saturated heterocycles. The first-order valence-corrected chi connectivity index (χ1v) is 9.07. The molecular weight excluding hydrogens is 399 g/mol. The van der Waals surface area contributed by atoms with Gasteiger partial charge in [0.25, 0.3) is 0 Å². The van der Waals surface area contributed by atoms with Crippen molar-refractivity contribution in [3.63, 3.8) is 0 Å². The molecule has 0 N–H and O–H groups in total. The Balaban J connectivity index is 1.66. The molecule has 6 heteroatoms. The zero-order chi connectivity index (χ0) is 19.7. The molecule has 0 radical (unpaired) electrons. The number of esters is 1. The lowest BCUT2D eigenvalue weighted by Crippen LogP contribution is -2.09. The van der Waals surface area contributed by atoms with Crippen LogP contribution in [0.15, 0.2) is 82.0 Å². The van der Waals surface area contributed by atoms with Crippen LogP contribution >= 0.6 is 23.2 Å². The van der Waals surface area contributed by atoms with Crippen molar-refractivity contribution in [3.05, 3.63) is 98.6 Å². The molecule has 0 fully saturated rings. The summed E-state index contributed by atoms with van der Waals surface area (Å²) in [5.41, 5.74) is 1.25. The predicted octanol–water partition coefficient (Wildman–Crippen LogP) is 5.99. The monoisotopic (exact) mass is 410 g/mol. The van der Waals surface area contributed by atoms with Gasteiger partial charge in [0.1, 0.15) is 17.1 Å². The molecule has 138 valence electrons. The van der Waals surface area contributed by atoms with Crippen LogP contribution in [0, 0.1) is 0 Å². The van der Waals surface area contributed by atoms with Gasteiger partial charge in [-0.25, -0.2) is 4.79 Å². The summed E-state index contributed by atoms with van der Waals surface area (Å²) in [6.45, 7) is 0. The van der Waals surface area contributed by atoms with E-state index in [-0.39, 0.29) is 11.2 Å². The molecule has 0 saturated carbocycles. The first kappa shape index (κ1) is 18.3. The van der Waals surface area contributed by atoms with E-state index in [4.69, 9.17) is 32.4 Å². The summed E-state index contributed by atoms with van der Waals surface area (Å²) in [7, 11) is 0. The molecule has 1 heterocycles. The Kier molecular flexibility index (Phi) is 4.90. The standard InChI is InChI=1S/C22H12Cl2O4/c23-15-5-1-13(2-6-15)21-12-19(25)18-11-17(9-10-20(18)28-21)27-22(26)14-3-7-16(24)8-4-14/h1-12H. The number of carbonyl (C=O) groups is 1. The average molecular weight is 411 g/mol. The highest BCUT2D eigenvalue weighted by atomic mass is 35.5. The van der Waals surface area contributed by atoms with E-state index in [0.29, 0.717) is 32.3 Å². The maximum atomic E-state index is 12.5. The number of hydrogen-bond acceptors (Lipinski definition) is 4. The number of fused-ring (bicyclic) bond motifs is 1. The lowest BCUT2D eigenvalue weighted by molar-refractivity contribution is 0.0735. The number of halogens is 2. The highest BCUT2D eigenvalue weighted by Gasteiger charge is 2.12. The van der Waals surface area contributed by atoms with Gasteiger partial charge >= 0.3 is 5.97 Å². The number of benzene rings is 3. The highest BCUT2D eigenvalue weighted by molar-refractivity contribution is 6.30. The Hall–Kier alpha value is -3.08. The lowest BCUT2D eigenvalue weighted by Gasteiger charge is -2.07. The molecule has 0 spiro atoms. The van der Waals surface area contributed by atoms with E-state index >= 15 is 0 Å². The zero-order valence-electron chi connectivity index (χ0n) is 14.3. The topological polar surface area (TPSA) is 56.5 Å². The summed E-state index contributed by atoms with van der Waals surface area (Å²) in [5.74, 6) is 0.136. The molecule has 0 aliphatic carbocycles. The molecule has 0 atom stereocenters. The van der Waals surface area contributed by atoms with E-state index in [0.717, 1.165) is 5.56 Å². The second-order valence-corrected chi connectivity index (χ2v) is 6.91. The fraction of sp³-hybridized carbons (Fsp3) is 0. The van der Waals surface area contributed by atoms with Crippen molar-refractivity contribution >= 4 is 40.1 Å². The van der Waals surface area contributed by atoms with Gasteiger partial charge in [0.2, 0.25) is 0 Å². The maximum absolute atomic E-state index is 12.5. The molecule has 28 heavy (non-hydrogen) atoms. The summed E-state index contributed by atoms with van der Waals surface area (Å²) >= 11 is 11.7. The van der Waals surface area contributed by atoms with Crippen molar-refractivity contribution < 1.29 is 13.9 Å². The third-order valence-corrected chi connectivity index (χ3v) is 4.62. The van der Waals surface area contributed by atoms with E-state index < -0.39 is 5.97 Å². The van der Waals surface area contributed by atoms with Crippen LogP contribution in [0.5, 0.6) is 5.75 Å². The molecule has 0 aliphatic heterocycles. The Morgan fingerprint density at radius 1 is 0.821 bits per heavy atom. The molecule has 3 aromatic carbocycles. The van der Waals surface area contributed by atoms with Crippen LogP contribution in [-0.2, 0) is 0 Å². The zero-order valence-corrected chi connectivity index (χ0v) is 15.8. The first-order chi connectivity index (χ1) is 13.5. The third-order valence-electron chi connectivity index (χ3n) is 4.12. The largest absolute Gasteiger partial charge is 0.456 e. The molecule has 4 rings (SSSR count). The van der Waals surface area contributed by atoms with Crippen LogP contribution in [0.3, 0.4) is 0 Å². The number of rotatable bonds is 3. The van der Waals surface area contributed by atoms with Crippen molar-refractivity contribution in [2.24, 2.45) is 0 Å². The number of ether oxygens (including phenoxy) is 1. The van der Waals surface area contributed by atoms with Gasteiger partial charge in [-0.2, -0.15) is 0 Å².